The number of carboxylic acids is 1. The van der Waals surface area contributed by atoms with Crippen molar-refractivity contribution in [3.63, 3.8) is 0 Å². The smallest absolute Gasteiger partial charge is 0.328 e. The highest BCUT2D eigenvalue weighted by molar-refractivity contribution is 14.1. The van der Waals surface area contributed by atoms with Gasteiger partial charge in [-0.2, -0.15) is 0 Å². The fourth-order valence-electron chi connectivity index (χ4n) is 0.972. The Kier molecular flexibility index (Phi) is 4.12. The summed E-state index contributed by atoms with van der Waals surface area (Å²) in [4.78, 5) is 10.3. The maximum Gasteiger partial charge on any atom is 0.328 e. The molecule has 1 rings (SSSR count). The number of halogens is 2. The lowest BCUT2D eigenvalue weighted by molar-refractivity contribution is -0.131. The normalized spacial score (nSPS) is 10.8. The quantitative estimate of drug-likeness (QED) is 0.642. The molecule has 0 fully saturated rings. The van der Waals surface area contributed by atoms with Gasteiger partial charge in [0.2, 0.25) is 0 Å². The predicted octanol–water partition coefficient (Wildman–Crippen LogP) is 3.46. The molecule has 0 bridgehead atoms. The van der Waals surface area contributed by atoms with Crippen molar-refractivity contribution >= 4 is 50.6 Å². The summed E-state index contributed by atoms with van der Waals surface area (Å²) in [6, 6.07) is 3.80. The van der Waals surface area contributed by atoms with Crippen molar-refractivity contribution in [1.82, 2.24) is 0 Å². The highest BCUT2D eigenvalue weighted by Crippen LogP contribution is 2.25. The molecule has 14 heavy (non-hydrogen) atoms. The minimum Gasteiger partial charge on any atom is -0.478 e. The van der Waals surface area contributed by atoms with Crippen LogP contribution in [0.1, 0.15) is 11.1 Å². The van der Waals surface area contributed by atoms with Crippen LogP contribution in [0.5, 0.6) is 0 Å². The van der Waals surface area contributed by atoms with Gasteiger partial charge in [0.05, 0.1) is 0 Å². The Labute approximate surface area is 104 Å². The monoisotopic (exact) mass is 366 g/mol. The molecule has 0 saturated carbocycles. The first kappa shape index (κ1) is 11.7. The molecule has 74 valence electrons. The van der Waals surface area contributed by atoms with E-state index in [2.05, 4.69) is 38.5 Å². The zero-order chi connectivity index (χ0) is 10.7. The van der Waals surface area contributed by atoms with Crippen molar-refractivity contribution in [2.75, 3.05) is 0 Å². The number of aliphatic carboxylic acids is 1. The molecule has 0 saturated heterocycles. The predicted molar refractivity (Wildman–Crippen MR) is 68.3 cm³/mol. The van der Waals surface area contributed by atoms with Crippen LogP contribution in [0.3, 0.4) is 0 Å². The van der Waals surface area contributed by atoms with Gasteiger partial charge in [-0.05, 0) is 52.8 Å². The van der Waals surface area contributed by atoms with Gasteiger partial charge in [0, 0.05) is 14.1 Å². The minimum atomic E-state index is -0.929. The zero-order valence-electron chi connectivity index (χ0n) is 7.42. The fraction of sp³-hybridized carbons (Fsp3) is 0.100. The van der Waals surface area contributed by atoms with Crippen molar-refractivity contribution in [2.24, 2.45) is 0 Å². The molecule has 4 heteroatoms. The molecular formula is C10H8BrIO2. The number of hydrogen-bond acceptors (Lipinski definition) is 1. The Bertz CT molecular complexity index is 399. The van der Waals surface area contributed by atoms with Crippen LogP contribution < -0.4 is 0 Å². The Hall–Kier alpha value is -0.360. The van der Waals surface area contributed by atoms with E-state index in [1.165, 1.54) is 0 Å². The largest absolute Gasteiger partial charge is 0.478 e. The third kappa shape index (κ3) is 2.81. The van der Waals surface area contributed by atoms with E-state index >= 15 is 0 Å². The fourth-order valence-corrected chi connectivity index (χ4v) is 2.32. The standard InChI is InChI=1S/C10H8BrIO2/c1-6-8(11)4-2-7(10(6)12)3-5-9(13)14/h2-5H,1H3,(H,13,14)/b5-3+. The van der Waals surface area contributed by atoms with Crippen LogP contribution in [0, 0.1) is 10.5 Å². The molecule has 0 spiro atoms. The first-order valence-electron chi connectivity index (χ1n) is 3.88. The molecule has 0 aliphatic heterocycles. The van der Waals surface area contributed by atoms with E-state index in [1.54, 1.807) is 6.08 Å². The molecule has 0 heterocycles. The molecule has 0 radical (unpaired) electrons. The molecule has 0 aromatic heterocycles. The second-order valence-corrected chi connectivity index (χ2v) is 4.68. The molecule has 2 nitrogen and oxygen atoms in total. The van der Waals surface area contributed by atoms with Crippen molar-refractivity contribution in [1.29, 1.82) is 0 Å². The van der Waals surface area contributed by atoms with E-state index in [4.69, 9.17) is 5.11 Å². The van der Waals surface area contributed by atoms with E-state index < -0.39 is 5.97 Å². The van der Waals surface area contributed by atoms with E-state index in [9.17, 15) is 4.79 Å². The molecule has 0 amide bonds. The number of carboxylic acid groups (broad SMARTS) is 1. The molecule has 1 N–H and O–H groups in total. The lowest BCUT2D eigenvalue weighted by Gasteiger charge is -2.04. The van der Waals surface area contributed by atoms with Crippen molar-refractivity contribution in [3.8, 4) is 0 Å². The maximum absolute atomic E-state index is 10.3. The molecule has 0 aliphatic rings. The maximum atomic E-state index is 10.3. The van der Waals surface area contributed by atoms with E-state index in [1.807, 2.05) is 19.1 Å². The number of benzene rings is 1. The minimum absolute atomic E-state index is 0.925. The van der Waals surface area contributed by atoms with Gasteiger partial charge in [0.15, 0.2) is 0 Å². The Morgan fingerprint density at radius 3 is 2.79 bits per heavy atom. The summed E-state index contributed by atoms with van der Waals surface area (Å²) in [7, 11) is 0. The van der Waals surface area contributed by atoms with Gasteiger partial charge in [-0.3, -0.25) is 0 Å². The third-order valence-electron chi connectivity index (χ3n) is 1.76. The molecule has 0 atom stereocenters. The topological polar surface area (TPSA) is 37.3 Å². The van der Waals surface area contributed by atoms with E-state index in [0.717, 1.165) is 25.2 Å². The number of hydrogen-bond donors (Lipinski definition) is 1. The first-order valence-corrected chi connectivity index (χ1v) is 5.75. The van der Waals surface area contributed by atoms with Crippen LogP contribution in [-0.2, 0) is 4.79 Å². The van der Waals surface area contributed by atoms with E-state index in [0.29, 0.717) is 0 Å². The number of rotatable bonds is 2. The summed E-state index contributed by atoms with van der Waals surface area (Å²) in [5, 5.41) is 8.49. The average Bonchev–Trinajstić information content (AvgIpc) is 2.13. The highest BCUT2D eigenvalue weighted by Gasteiger charge is 2.03. The SMILES string of the molecule is Cc1c(Br)ccc(/C=C/C(=O)O)c1I. The lowest BCUT2D eigenvalue weighted by Crippen LogP contribution is -1.89. The van der Waals surface area contributed by atoms with Gasteiger partial charge in [-0.15, -0.1) is 0 Å². The van der Waals surface area contributed by atoms with Crippen molar-refractivity contribution in [2.45, 2.75) is 6.92 Å². The van der Waals surface area contributed by atoms with Crippen molar-refractivity contribution in [3.05, 3.63) is 37.4 Å². The average molecular weight is 367 g/mol. The van der Waals surface area contributed by atoms with Crippen molar-refractivity contribution < 1.29 is 9.90 Å². The Morgan fingerprint density at radius 2 is 2.21 bits per heavy atom. The highest BCUT2D eigenvalue weighted by atomic mass is 127. The van der Waals surface area contributed by atoms with Crippen LogP contribution in [0.2, 0.25) is 0 Å². The summed E-state index contributed by atoms with van der Waals surface area (Å²) >= 11 is 5.62. The molecule has 1 aromatic rings. The Balaban J connectivity index is 3.12. The van der Waals surface area contributed by atoms with Gasteiger partial charge in [0.1, 0.15) is 0 Å². The van der Waals surface area contributed by atoms with Crippen LogP contribution in [-0.4, -0.2) is 11.1 Å². The Morgan fingerprint density at radius 1 is 1.57 bits per heavy atom. The second-order valence-electron chi connectivity index (χ2n) is 2.75. The van der Waals surface area contributed by atoms with Crippen LogP contribution in [0.4, 0.5) is 0 Å². The molecule has 1 aromatic carbocycles. The summed E-state index contributed by atoms with van der Waals surface area (Å²) in [5.74, 6) is -0.929. The zero-order valence-corrected chi connectivity index (χ0v) is 11.2. The lowest BCUT2D eigenvalue weighted by atomic mass is 10.1. The molecular weight excluding hydrogens is 359 g/mol. The van der Waals surface area contributed by atoms with Gasteiger partial charge in [-0.25, -0.2) is 4.79 Å². The van der Waals surface area contributed by atoms with Gasteiger partial charge in [0.25, 0.3) is 0 Å². The summed E-state index contributed by atoms with van der Waals surface area (Å²) < 4.78 is 2.10. The summed E-state index contributed by atoms with van der Waals surface area (Å²) in [6.07, 6.45) is 2.74. The van der Waals surface area contributed by atoms with Crippen LogP contribution in [0.15, 0.2) is 22.7 Å². The van der Waals surface area contributed by atoms with Crippen LogP contribution >= 0.6 is 38.5 Å². The number of carbonyl (C=O) groups is 1. The summed E-state index contributed by atoms with van der Waals surface area (Å²) in [5.41, 5.74) is 2.05. The van der Waals surface area contributed by atoms with E-state index in [-0.39, 0.29) is 0 Å². The van der Waals surface area contributed by atoms with Crippen LogP contribution in [0.25, 0.3) is 6.08 Å². The van der Waals surface area contributed by atoms with Gasteiger partial charge < -0.3 is 5.11 Å². The molecule has 0 unspecified atom stereocenters. The third-order valence-corrected chi connectivity index (χ3v) is 4.05. The first-order chi connectivity index (χ1) is 6.52. The van der Waals surface area contributed by atoms with Gasteiger partial charge >= 0.3 is 5.97 Å². The molecule has 0 aliphatic carbocycles. The van der Waals surface area contributed by atoms with Gasteiger partial charge in [-0.1, -0.05) is 22.0 Å². The second kappa shape index (κ2) is 4.93. The summed E-state index contributed by atoms with van der Waals surface area (Å²) in [6.45, 7) is 1.99.